The number of hydrogen-bond donors (Lipinski definition) is 0. The zero-order valence-electron chi connectivity index (χ0n) is 13.9. The number of ether oxygens (including phenoxy) is 1. The molecule has 0 aliphatic heterocycles. The van der Waals surface area contributed by atoms with Crippen LogP contribution < -0.4 is 4.90 Å². The first-order valence-electron chi connectivity index (χ1n) is 8.06. The lowest BCUT2D eigenvalue weighted by atomic mass is 10.1. The Labute approximate surface area is 146 Å². The van der Waals surface area contributed by atoms with Crippen LogP contribution in [0.4, 0.5) is 10.5 Å². The number of rotatable bonds is 5. The minimum absolute atomic E-state index is 0.145. The fraction of sp³-hybridized carbons (Fsp3) is 0.143. The van der Waals surface area contributed by atoms with E-state index in [1.807, 2.05) is 73.0 Å². The van der Waals surface area contributed by atoms with Gasteiger partial charge < -0.3 is 4.74 Å². The van der Waals surface area contributed by atoms with Crippen molar-refractivity contribution in [1.82, 2.24) is 0 Å². The van der Waals surface area contributed by atoms with Crippen LogP contribution in [0.25, 0.3) is 10.8 Å². The molecule has 3 aromatic carbocycles. The van der Waals surface area contributed by atoms with E-state index in [4.69, 9.17) is 4.74 Å². The van der Waals surface area contributed by atoms with Crippen LogP contribution in [0.1, 0.15) is 12.5 Å². The normalized spacial score (nSPS) is 11.7. The maximum Gasteiger partial charge on any atom is 0.415 e. The van der Waals surface area contributed by atoms with Crippen molar-refractivity contribution in [1.29, 1.82) is 0 Å². The Kier molecular flexibility index (Phi) is 5.09. The molecule has 125 valence electrons. The maximum atomic E-state index is 12.7. The molecule has 0 unspecified atom stereocenters. The molecule has 4 heteroatoms. The van der Waals surface area contributed by atoms with Gasteiger partial charge in [0.25, 0.3) is 0 Å². The molecule has 1 amide bonds. The molecule has 25 heavy (non-hydrogen) atoms. The fourth-order valence-corrected chi connectivity index (χ4v) is 2.73. The van der Waals surface area contributed by atoms with Gasteiger partial charge in [0.15, 0.2) is 0 Å². The molecule has 3 aromatic rings. The Balaban J connectivity index is 1.91. The number of amides is 1. The van der Waals surface area contributed by atoms with E-state index < -0.39 is 12.1 Å². The van der Waals surface area contributed by atoms with Crippen LogP contribution in [-0.2, 0) is 16.1 Å². The lowest BCUT2D eigenvalue weighted by Crippen LogP contribution is -2.40. The summed E-state index contributed by atoms with van der Waals surface area (Å²) in [6, 6.07) is 22.0. The van der Waals surface area contributed by atoms with Crippen molar-refractivity contribution in [3.8, 4) is 0 Å². The van der Waals surface area contributed by atoms with Crippen molar-refractivity contribution in [3.05, 3.63) is 78.4 Å². The second-order valence-corrected chi connectivity index (χ2v) is 5.70. The molecule has 0 aromatic heterocycles. The number of carbonyl (C=O) groups is 1. The van der Waals surface area contributed by atoms with Gasteiger partial charge in [0.1, 0.15) is 12.6 Å². The molecular weight excluding hydrogens is 314 g/mol. The third-order valence-electron chi connectivity index (χ3n) is 3.99. The predicted molar refractivity (Wildman–Crippen MR) is 98.2 cm³/mol. The maximum absolute atomic E-state index is 12.7. The first-order valence-corrected chi connectivity index (χ1v) is 8.06. The molecule has 0 bridgehead atoms. The second-order valence-electron chi connectivity index (χ2n) is 5.70. The van der Waals surface area contributed by atoms with Gasteiger partial charge in [0, 0.05) is 5.39 Å². The van der Waals surface area contributed by atoms with Crippen molar-refractivity contribution in [2.45, 2.75) is 19.6 Å². The number of anilines is 1. The topological polar surface area (TPSA) is 46.6 Å². The average Bonchev–Trinajstić information content (AvgIpc) is 2.67. The summed E-state index contributed by atoms with van der Waals surface area (Å²) in [5.74, 6) is 0. The molecule has 0 N–H and O–H groups in total. The van der Waals surface area contributed by atoms with Gasteiger partial charge in [0.05, 0.1) is 5.69 Å². The van der Waals surface area contributed by atoms with E-state index >= 15 is 0 Å². The summed E-state index contributed by atoms with van der Waals surface area (Å²) in [5, 5.41) is 1.86. The van der Waals surface area contributed by atoms with Gasteiger partial charge >= 0.3 is 6.09 Å². The molecule has 0 heterocycles. The first kappa shape index (κ1) is 16.7. The molecular formula is C21H18NO3. The van der Waals surface area contributed by atoms with E-state index in [1.54, 1.807) is 13.0 Å². The molecule has 4 nitrogen and oxygen atoms in total. The van der Waals surface area contributed by atoms with E-state index in [1.165, 1.54) is 4.90 Å². The van der Waals surface area contributed by atoms with Gasteiger partial charge in [0.2, 0.25) is 6.29 Å². The standard InChI is InChI=1S/C21H18NO3/c1-16(14-23)22(21(24)25-15-17-8-3-2-4-9-17)20-13-7-11-18-10-5-6-12-19(18)20/h2-13,16H,15H2,1H3/t16-/m0/s1. The number of carbonyl (C=O) groups excluding carboxylic acids is 2. The van der Waals surface area contributed by atoms with Crippen LogP contribution in [0, 0.1) is 0 Å². The third kappa shape index (κ3) is 3.69. The van der Waals surface area contributed by atoms with E-state index in [0.717, 1.165) is 16.3 Å². The zero-order chi connectivity index (χ0) is 17.6. The highest BCUT2D eigenvalue weighted by Crippen LogP contribution is 2.28. The number of hydrogen-bond acceptors (Lipinski definition) is 3. The van der Waals surface area contributed by atoms with Gasteiger partial charge in [-0.3, -0.25) is 9.69 Å². The molecule has 0 aliphatic carbocycles. The van der Waals surface area contributed by atoms with E-state index in [-0.39, 0.29) is 6.61 Å². The lowest BCUT2D eigenvalue weighted by molar-refractivity contribution is 0.146. The van der Waals surface area contributed by atoms with Crippen molar-refractivity contribution in [2.75, 3.05) is 4.90 Å². The summed E-state index contributed by atoms with van der Waals surface area (Å²) in [4.78, 5) is 25.3. The van der Waals surface area contributed by atoms with Crippen molar-refractivity contribution in [2.24, 2.45) is 0 Å². The highest BCUT2D eigenvalue weighted by molar-refractivity contribution is 6.03. The Morgan fingerprint density at radius 1 is 1.00 bits per heavy atom. The lowest BCUT2D eigenvalue weighted by Gasteiger charge is -2.26. The van der Waals surface area contributed by atoms with Crippen molar-refractivity contribution in [3.63, 3.8) is 0 Å². The van der Waals surface area contributed by atoms with Crippen LogP contribution in [-0.4, -0.2) is 18.4 Å². The molecule has 0 saturated heterocycles. The van der Waals surface area contributed by atoms with Gasteiger partial charge in [-0.15, -0.1) is 0 Å². The SMILES string of the molecule is C[C@@H]([C]=O)N(C(=O)OCc1ccccc1)c1cccc2ccccc12. The highest BCUT2D eigenvalue weighted by Gasteiger charge is 2.25. The first-order chi connectivity index (χ1) is 12.2. The molecule has 0 saturated carbocycles. The molecule has 0 spiro atoms. The molecule has 1 radical (unpaired) electrons. The van der Waals surface area contributed by atoms with E-state index in [2.05, 4.69) is 0 Å². The molecule has 0 fully saturated rings. The summed E-state index contributed by atoms with van der Waals surface area (Å²) in [7, 11) is 0. The highest BCUT2D eigenvalue weighted by atomic mass is 16.6. The van der Waals surface area contributed by atoms with Crippen LogP contribution in [0.5, 0.6) is 0 Å². The van der Waals surface area contributed by atoms with Crippen LogP contribution in [0.2, 0.25) is 0 Å². The van der Waals surface area contributed by atoms with Crippen molar-refractivity contribution < 1.29 is 14.3 Å². The molecule has 1 atom stereocenters. The summed E-state index contributed by atoms with van der Waals surface area (Å²) in [5.41, 5.74) is 1.52. The largest absolute Gasteiger partial charge is 0.444 e. The van der Waals surface area contributed by atoms with Crippen LogP contribution in [0.3, 0.4) is 0 Å². The number of nitrogens with zero attached hydrogens (tertiary/aromatic N) is 1. The van der Waals surface area contributed by atoms with Gasteiger partial charge in [-0.2, -0.15) is 0 Å². The minimum Gasteiger partial charge on any atom is -0.444 e. The van der Waals surface area contributed by atoms with Crippen LogP contribution >= 0.6 is 0 Å². The Morgan fingerprint density at radius 3 is 2.44 bits per heavy atom. The predicted octanol–water partition coefficient (Wildman–Crippen LogP) is 4.48. The van der Waals surface area contributed by atoms with Gasteiger partial charge in [-0.25, -0.2) is 4.79 Å². The third-order valence-corrected chi connectivity index (χ3v) is 3.99. The van der Waals surface area contributed by atoms with Crippen LogP contribution in [0.15, 0.2) is 72.8 Å². The zero-order valence-corrected chi connectivity index (χ0v) is 13.9. The quantitative estimate of drug-likeness (QED) is 0.692. The van der Waals surface area contributed by atoms with E-state index in [9.17, 15) is 9.59 Å². The molecule has 0 aliphatic rings. The number of fused-ring (bicyclic) bond motifs is 1. The summed E-state index contributed by atoms with van der Waals surface area (Å²) < 4.78 is 5.42. The Bertz CT molecular complexity index is 871. The van der Waals surface area contributed by atoms with Crippen molar-refractivity contribution >= 4 is 28.8 Å². The summed E-state index contributed by atoms with van der Waals surface area (Å²) >= 11 is 0. The van der Waals surface area contributed by atoms with E-state index in [0.29, 0.717) is 5.69 Å². The minimum atomic E-state index is -0.755. The van der Waals surface area contributed by atoms with Gasteiger partial charge in [-0.1, -0.05) is 66.7 Å². The molecule has 3 rings (SSSR count). The smallest absolute Gasteiger partial charge is 0.415 e. The Morgan fingerprint density at radius 2 is 1.68 bits per heavy atom. The Hall–Kier alpha value is -3.14. The second kappa shape index (κ2) is 7.62. The van der Waals surface area contributed by atoms with Gasteiger partial charge in [-0.05, 0) is 23.9 Å². The average molecular weight is 332 g/mol. The monoisotopic (exact) mass is 332 g/mol. The summed E-state index contributed by atoms with van der Waals surface area (Å²) in [6.45, 7) is 1.77. The summed E-state index contributed by atoms with van der Waals surface area (Å²) in [6.07, 6.45) is 1.31. The number of benzene rings is 3. The fourth-order valence-electron chi connectivity index (χ4n) is 2.73.